The molecule has 0 fully saturated rings. The number of unbranched alkanes of at least 4 members (excludes halogenated alkanes) is 2. The highest BCUT2D eigenvalue weighted by atomic mass is 35.5. The summed E-state index contributed by atoms with van der Waals surface area (Å²) in [6, 6.07) is 0.438. The van der Waals surface area contributed by atoms with Crippen molar-refractivity contribution in [2.45, 2.75) is 64.5 Å². The fourth-order valence-corrected chi connectivity index (χ4v) is 1.31. The van der Waals surface area contributed by atoms with Crippen LogP contribution < -0.4 is 11.5 Å². The summed E-state index contributed by atoms with van der Waals surface area (Å²) in [6.45, 7) is 4.37. The highest BCUT2D eigenvalue weighted by Crippen LogP contribution is 2.06. The molecule has 0 radical (unpaired) electrons. The predicted octanol–water partition coefficient (Wildman–Crippen LogP) is 2.87. The summed E-state index contributed by atoms with van der Waals surface area (Å²) in [5.74, 6) is 0. The third kappa shape index (κ3) is 10.6. The standard InChI is InChI=1S/C10H24N2.2ClH/c1-3-5-7-9(11)10(12)8-6-4-2;;/h9-10H,3-8,11-12H2,1-2H3;2*1H/t9-,10-;;/m0../s1. The fourth-order valence-electron chi connectivity index (χ4n) is 1.31. The first-order valence-corrected chi connectivity index (χ1v) is 5.23. The molecule has 0 aromatic heterocycles. The second-order valence-electron chi connectivity index (χ2n) is 3.61. The van der Waals surface area contributed by atoms with Crippen molar-refractivity contribution in [2.24, 2.45) is 11.5 Å². The van der Waals surface area contributed by atoms with Gasteiger partial charge in [0.2, 0.25) is 0 Å². The van der Waals surface area contributed by atoms with Gasteiger partial charge in [0.25, 0.3) is 0 Å². The van der Waals surface area contributed by atoms with Gasteiger partial charge in [0.15, 0.2) is 0 Å². The van der Waals surface area contributed by atoms with Gasteiger partial charge in [-0.25, -0.2) is 0 Å². The zero-order valence-electron chi connectivity index (χ0n) is 9.37. The third-order valence-corrected chi connectivity index (χ3v) is 2.33. The molecule has 0 aliphatic carbocycles. The van der Waals surface area contributed by atoms with Gasteiger partial charge in [-0.3, -0.25) is 0 Å². The molecule has 90 valence electrons. The first-order chi connectivity index (χ1) is 5.72. The summed E-state index contributed by atoms with van der Waals surface area (Å²) in [5, 5.41) is 0. The molecule has 2 nitrogen and oxygen atoms in total. The first kappa shape index (κ1) is 20.0. The smallest absolute Gasteiger partial charge is 0.0192 e. The van der Waals surface area contributed by atoms with Gasteiger partial charge in [-0.1, -0.05) is 39.5 Å². The second kappa shape index (κ2) is 13.5. The van der Waals surface area contributed by atoms with Crippen LogP contribution in [0.25, 0.3) is 0 Å². The maximum atomic E-state index is 5.92. The van der Waals surface area contributed by atoms with Crippen molar-refractivity contribution in [3.05, 3.63) is 0 Å². The minimum atomic E-state index is 0. The SMILES string of the molecule is CCCC[C@H](N)[C@@H](N)CCCC.Cl.Cl. The third-order valence-electron chi connectivity index (χ3n) is 2.33. The molecule has 0 rings (SSSR count). The van der Waals surface area contributed by atoms with Crippen LogP contribution in [0.3, 0.4) is 0 Å². The summed E-state index contributed by atoms with van der Waals surface area (Å²) in [6.07, 6.45) is 7.02. The molecule has 0 aromatic carbocycles. The van der Waals surface area contributed by atoms with Crippen molar-refractivity contribution in [1.82, 2.24) is 0 Å². The average molecular weight is 245 g/mol. The van der Waals surface area contributed by atoms with Gasteiger partial charge in [0.05, 0.1) is 0 Å². The van der Waals surface area contributed by atoms with Crippen molar-refractivity contribution >= 4 is 24.8 Å². The second-order valence-corrected chi connectivity index (χ2v) is 3.61. The topological polar surface area (TPSA) is 52.0 Å². The molecule has 0 heterocycles. The van der Waals surface area contributed by atoms with Gasteiger partial charge in [0, 0.05) is 12.1 Å². The van der Waals surface area contributed by atoms with Crippen LogP contribution in [0.2, 0.25) is 0 Å². The zero-order chi connectivity index (χ0) is 9.40. The van der Waals surface area contributed by atoms with Crippen LogP contribution >= 0.6 is 24.8 Å². The Morgan fingerprint density at radius 3 is 1.29 bits per heavy atom. The van der Waals surface area contributed by atoms with Gasteiger partial charge in [0.1, 0.15) is 0 Å². The van der Waals surface area contributed by atoms with E-state index in [1.54, 1.807) is 0 Å². The van der Waals surface area contributed by atoms with Crippen molar-refractivity contribution in [3.8, 4) is 0 Å². The zero-order valence-corrected chi connectivity index (χ0v) is 11.0. The van der Waals surface area contributed by atoms with Crippen LogP contribution in [-0.4, -0.2) is 12.1 Å². The van der Waals surface area contributed by atoms with Crippen molar-refractivity contribution < 1.29 is 0 Å². The molecule has 0 aliphatic heterocycles. The summed E-state index contributed by atoms with van der Waals surface area (Å²) in [4.78, 5) is 0. The maximum Gasteiger partial charge on any atom is 0.0192 e. The van der Waals surface area contributed by atoms with Crippen molar-refractivity contribution in [3.63, 3.8) is 0 Å². The van der Waals surface area contributed by atoms with E-state index < -0.39 is 0 Å². The van der Waals surface area contributed by atoms with E-state index in [2.05, 4.69) is 13.8 Å². The van der Waals surface area contributed by atoms with Gasteiger partial charge in [-0.05, 0) is 12.8 Å². The predicted molar refractivity (Wildman–Crippen MR) is 69.5 cm³/mol. The van der Waals surface area contributed by atoms with Crippen LogP contribution in [-0.2, 0) is 0 Å². The Hall–Kier alpha value is 0.500. The Labute approximate surface area is 101 Å². The molecule has 0 saturated carbocycles. The maximum absolute atomic E-state index is 5.92. The summed E-state index contributed by atoms with van der Waals surface area (Å²) in [5.41, 5.74) is 11.8. The fraction of sp³-hybridized carbons (Fsp3) is 1.00. The van der Waals surface area contributed by atoms with Crippen LogP contribution in [0.5, 0.6) is 0 Å². The van der Waals surface area contributed by atoms with Crippen LogP contribution in [0.4, 0.5) is 0 Å². The number of nitrogens with two attached hydrogens (primary N) is 2. The van der Waals surface area contributed by atoms with Crippen molar-refractivity contribution in [1.29, 1.82) is 0 Å². The number of hydrogen-bond acceptors (Lipinski definition) is 2. The minimum Gasteiger partial charge on any atom is -0.326 e. The van der Waals surface area contributed by atoms with E-state index in [0.29, 0.717) is 0 Å². The van der Waals surface area contributed by atoms with E-state index in [0.717, 1.165) is 12.8 Å². The molecular weight excluding hydrogens is 219 g/mol. The number of rotatable bonds is 7. The molecular formula is C10H26Cl2N2. The van der Waals surface area contributed by atoms with Crippen molar-refractivity contribution in [2.75, 3.05) is 0 Å². The first-order valence-electron chi connectivity index (χ1n) is 5.23. The van der Waals surface area contributed by atoms with E-state index in [9.17, 15) is 0 Å². The van der Waals surface area contributed by atoms with Crippen LogP contribution in [0, 0.1) is 0 Å². The lowest BCUT2D eigenvalue weighted by atomic mass is 9.99. The number of halogens is 2. The highest BCUT2D eigenvalue weighted by molar-refractivity contribution is 5.85. The number of hydrogen-bond donors (Lipinski definition) is 2. The lowest BCUT2D eigenvalue weighted by Crippen LogP contribution is -2.41. The normalized spacial score (nSPS) is 13.7. The van der Waals surface area contributed by atoms with E-state index in [1.807, 2.05) is 0 Å². The molecule has 0 saturated heterocycles. The molecule has 0 unspecified atom stereocenters. The molecule has 0 amide bonds. The average Bonchev–Trinajstić information content (AvgIpc) is 2.10. The highest BCUT2D eigenvalue weighted by Gasteiger charge is 2.11. The molecule has 4 N–H and O–H groups in total. The molecule has 0 spiro atoms. The largest absolute Gasteiger partial charge is 0.326 e. The van der Waals surface area contributed by atoms with E-state index in [-0.39, 0.29) is 36.9 Å². The van der Waals surface area contributed by atoms with Gasteiger partial charge in [-0.15, -0.1) is 24.8 Å². The Morgan fingerprint density at radius 1 is 0.786 bits per heavy atom. The lowest BCUT2D eigenvalue weighted by molar-refractivity contribution is 0.445. The Morgan fingerprint density at radius 2 is 1.07 bits per heavy atom. The van der Waals surface area contributed by atoms with Gasteiger partial charge < -0.3 is 11.5 Å². The quantitative estimate of drug-likeness (QED) is 0.724. The van der Waals surface area contributed by atoms with E-state index in [1.165, 1.54) is 25.7 Å². The molecule has 14 heavy (non-hydrogen) atoms. The summed E-state index contributed by atoms with van der Waals surface area (Å²) >= 11 is 0. The lowest BCUT2D eigenvalue weighted by Gasteiger charge is -2.19. The van der Waals surface area contributed by atoms with Crippen LogP contribution in [0.15, 0.2) is 0 Å². The van der Waals surface area contributed by atoms with Crippen LogP contribution in [0.1, 0.15) is 52.4 Å². The Kier molecular flexibility index (Phi) is 19.3. The Bertz CT molecular complexity index is 90.1. The van der Waals surface area contributed by atoms with E-state index in [4.69, 9.17) is 11.5 Å². The Balaban J connectivity index is -0.000000605. The van der Waals surface area contributed by atoms with Gasteiger partial charge >= 0.3 is 0 Å². The molecule has 4 heteroatoms. The minimum absolute atomic E-state index is 0. The van der Waals surface area contributed by atoms with Gasteiger partial charge in [-0.2, -0.15) is 0 Å². The molecule has 2 atom stereocenters. The molecule has 0 bridgehead atoms. The monoisotopic (exact) mass is 244 g/mol. The van der Waals surface area contributed by atoms with E-state index >= 15 is 0 Å². The summed E-state index contributed by atoms with van der Waals surface area (Å²) in [7, 11) is 0. The molecule has 0 aliphatic rings. The summed E-state index contributed by atoms with van der Waals surface area (Å²) < 4.78 is 0. The molecule has 0 aromatic rings.